The molecular weight excluding hydrogens is 176 g/mol. The lowest BCUT2D eigenvalue weighted by atomic mass is 10.1. The number of aldehydes is 1. The van der Waals surface area contributed by atoms with E-state index in [1.54, 1.807) is 0 Å². The summed E-state index contributed by atoms with van der Waals surface area (Å²) in [4.78, 5) is 17.0. The predicted octanol–water partition coefficient (Wildman–Crippen LogP) is 1.19. The number of aliphatic imine (C=N–C) groups is 1. The molecule has 1 aromatic rings. The molecule has 3 nitrogen and oxygen atoms in total. The summed E-state index contributed by atoms with van der Waals surface area (Å²) in [5, 5.41) is 0. The average Bonchev–Trinajstić information content (AvgIpc) is 2.65. The largest absolute Gasteiger partial charge is 0.358 e. The molecule has 0 atom stereocenters. The van der Waals surface area contributed by atoms with E-state index in [1.807, 2.05) is 31.3 Å². The highest BCUT2D eigenvalue weighted by molar-refractivity contribution is 6.00. The summed E-state index contributed by atoms with van der Waals surface area (Å²) >= 11 is 0. The fourth-order valence-electron chi connectivity index (χ4n) is 1.55. The summed E-state index contributed by atoms with van der Waals surface area (Å²) in [6, 6.07) is 7.50. The molecule has 1 aliphatic rings. The van der Waals surface area contributed by atoms with E-state index in [4.69, 9.17) is 0 Å². The first-order valence-electron chi connectivity index (χ1n) is 4.62. The molecule has 1 aliphatic heterocycles. The van der Waals surface area contributed by atoms with Crippen LogP contribution < -0.4 is 0 Å². The van der Waals surface area contributed by atoms with Crippen LogP contribution in [0.15, 0.2) is 29.3 Å². The maximum absolute atomic E-state index is 10.5. The molecule has 2 rings (SSSR count). The van der Waals surface area contributed by atoms with Crippen LogP contribution in [0.1, 0.15) is 15.9 Å². The normalized spacial score (nSPS) is 15.5. The summed E-state index contributed by atoms with van der Waals surface area (Å²) in [5.74, 6) is 1.02. The molecule has 0 radical (unpaired) electrons. The van der Waals surface area contributed by atoms with Crippen molar-refractivity contribution in [2.24, 2.45) is 4.99 Å². The Balaban J connectivity index is 2.29. The van der Waals surface area contributed by atoms with Gasteiger partial charge in [-0.2, -0.15) is 0 Å². The highest BCUT2D eigenvalue weighted by Crippen LogP contribution is 2.10. The first-order chi connectivity index (χ1) is 6.81. The molecule has 0 spiro atoms. The zero-order valence-corrected chi connectivity index (χ0v) is 8.10. The van der Waals surface area contributed by atoms with Gasteiger partial charge >= 0.3 is 0 Å². The lowest BCUT2D eigenvalue weighted by Gasteiger charge is -2.13. The Bertz CT molecular complexity index is 367. The van der Waals surface area contributed by atoms with Crippen molar-refractivity contribution in [3.63, 3.8) is 0 Å². The van der Waals surface area contributed by atoms with Gasteiger partial charge in [0, 0.05) is 24.7 Å². The van der Waals surface area contributed by atoms with E-state index in [1.165, 1.54) is 0 Å². The van der Waals surface area contributed by atoms with Crippen molar-refractivity contribution in [3.05, 3.63) is 35.4 Å². The van der Waals surface area contributed by atoms with Gasteiger partial charge in [0.05, 0.1) is 6.54 Å². The smallest absolute Gasteiger partial charge is 0.150 e. The van der Waals surface area contributed by atoms with Crippen LogP contribution in [0.5, 0.6) is 0 Å². The number of hydrogen-bond donors (Lipinski definition) is 0. The molecule has 3 heteroatoms. The van der Waals surface area contributed by atoms with E-state index >= 15 is 0 Å². The third kappa shape index (κ3) is 1.53. The summed E-state index contributed by atoms with van der Waals surface area (Å²) in [6.45, 7) is 1.84. The third-order valence-electron chi connectivity index (χ3n) is 2.36. The van der Waals surface area contributed by atoms with Crippen LogP contribution in [-0.2, 0) is 0 Å². The number of hydrogen-bond acceptors (Lipinski definition) is 3. The zero-order chi connectivity index (χ0) is 9.97. The van der Waals surface area contributed by atoms with Crippen molar-refractivity contribution in [2.45, 2.75) is 0 Å². The van der Waals surface area contributed by atoms with Gasteiger partial charge in [-0.05, 0) is 0 Å². The highest BCUT2D eigenvalue weighted by atomic mass is 16.1. The number of rotatable bonds is 2. The van der Waals surface area contributed by atoms with Crippen molar-refractivity contribution in [1.82, 2.24) is 4.90 Å². The molecule has 0 fully saturated rings. The average molecular weight is 188 g/mol. The highest BCUT2D eigenvalue weighted by Gasteiger charge is 2.13. The minimum atomic E-state index is 0.704. The van der Waals surface area contributed by atoms with Gasteiger partial charge < -0.3 is 4.90 Å². The molecule has 0 saturated carbocycles. The lowest BCUT2D eigenvalue weighted by molar-refractivity contribution is 0.112. The van der Waals surface area contributed by atoms with Crippen LogP contribution in [0.3, 0.4) is 0 Å². The molecule has 0 unspecified atom stereocenters. The van der Waals surface area contributed by atoms with Crippen molar-refractivity contribution >= 4 is 12.1 Å². The standard InChI is InChI=1S/C11H12N2O/c1-13-7-6-12-11(13)10-4-2-9(8-14)3-5-10/h2-5,8H,6-7H2,1H3. The Morgan fingerprint density at radius 1 is 1.36 bits per heavy atom. The molecule has 1 aromatic carbocycles. The molecule has 0 bridgehead atoms. The van der Waals surface area contributed by atoms with Gasteiger partial charge in [-0.3, -0.25) is 9.79 Å². The fraction of sp³-hybridized carbons (Fsp3) is 0.273. The van der Waals surface area contributed by atoms with Crippen molar-refractivity contribution < 1.29 is 4.79 Å². The Labute approximate surface area is 83.1 Å². The second kappa shape index (κ2) is 3.62. The molecule has 0 aliphatic carbocycles. The van der Waals surface area contributed by atoms with E-state index in [2.05, 4.69) is 9.89 Å². The first kappa shape index (κ1) is 8.94. The topological polar surface area (TPSA) is 32.7 Å². The fourth-order valence-corrected chi connectivity index (χ4v) is 1.55. The molecule has 0 N–H and O–H groups in total. The SMILES string of the molecule is CN1CCN=C1c1ccc(C=O)cc1. The Morgan fingerprint density at radius 2 is 2.07 bits per heavy atom. The third-order valence-corrected chi connectivity index (χ3v) is 2.36. The Hall–Kier alpha value is -1.64. The quantitative estimate of drug-likeness (QED) is 0.653. The molecule has 0 saturated heterocycles. The van der Waals surface area contributed by atoms with Crippen LogP contribution in [0.2, 0.25) is 0 Å². The molecule has 0 aromatic heterocycles. The van der Waals surface area contributed by atoms with Crippen LogP contribution in [0, 0.1) is 0 Å². The van der Waals surface area contributed by atoms with Gasteiger partial charge in [-0.1, -0.05) is 24.3 Å². The number of benzene rings is 1. The maximum Gasteiger partial charge on any atom is 0.150 e. The van der Waals surface area contributed by atoms with Crippen LogP contribution >= 0.6 is 0 Å². The van der Waals surface area contributed by atoms with Crippen LogP contribution in [0.4, 0.5) is 0 Å². The number of carbonyl (C=O) groups excluding carboxylic acids is 1. The van der Waals surface area contributed by atoms with Gasteiger partial charge in [0.25, 0.3) is 0 Å². The molecule has 14 heavy (non-hydrogen) atoms. The van der Waals surface area contributed by atoms with E-state index < -0.39 is 0 Å². The summed E-state index contributed by atoms with van der Waals surface area (Å²) < 4.78 is 0. The second-order valence-corrected chi connectivity index (χ2v) is 3.37. The van der Waals surface area contributed by atoms with Gasteiger partial charge in [-0.15, -0.1) is 0 Å². The lowest BCUT2D eigenvalue weighted by Crippen LogP contribution is -2.23. The van der Waals surface area contributed by atoms with Crippen molar-refractivity contribution in [2.75, 3.05) is 20.1 Å². The van der Waals surface area contributed by atoms with Gasteiger partial charge in [0.15, 0.2) is 0 Å². The van der Waals surface area contributed by atoms with Crippen molar-refractivity contribution in [1.29, 1.82) is 0 Å². The molecular formula is C11H12N2O. The molecule has 0 amide bonds. The first-order valence-corrected chi connectivity index (χ1v) is 4.62. The Morgan fingerprint density at radius 3 is 2.57 bits per heavy atom. The number of carbonyl (C=O) groups is 1. The Kier molecular flexibility index (Phi) is 2.31. The number of nitrogens with zero attached hydrogens (tertiary/aromatic N) is 2. The van der Waals surface area contributed by atoms with Gasteiger partial charge in [-0.25, -0.2) is 0 Å². The summed E-state index contributed by atoms with van der Waals surface area (Å²) in [5.41, 5.74) is 1.78. The number of amidine groups is 1. The van der Waals surface area contributed by atoms with E-state index in [0.29, 0.717) is 5.56 Å². The molecule has 72 valence electrons. The number of likely N-dealkylation sites (N-methyl/N-ethyl adjacent to an activating group) is 1. The monoisotopic (exact) mass is 188 g/mol. The van der Waals surface area contributed by atoms with Crippen molar-refractivity contribution in [3.8, 4) is 0 Å². The second-order valence-electron chi connectivity index (χ2n) is 3.37. The summed E-state index contributed by atoms with van der Waals surface area (Å²) in [6.07, 6.45) is 0.851. The van der Waals surface area contributed by atoms with E-state index in [-0.39, 0.29) is 0 Å². The summed E-state index contributed by atoms with van der Waals surface area (Å²) in [7, 11) is 2.03. The molecule has 1 heterocycles. The van der Waals surface area contributed by atoms with Crippen LogP contribution in [-0.4, -0.2) is 37.2 Å². The minimum Gasteiger partial charge on any atom is -0.358 e. The zero-order valence-electron chi connectivity index (χ0n) is 8.10. The van der Waals surface area contributed by atoms with E-state index in [0.717, 1.165) is 30.8 Å². The van der Waals surface area contributed by atoms with Gasteiger partial charge in [0.1, 0.15) is 12.1 Å². The van der Waals surface area contributed by atoms with E-state index in [9.17, 15) is 4.79 Å². The minimum absolute atomic E-state index is 0.704. The van der Waals surface area contributed by atoms with Crippen LogP contribution in [0.25, 0.3) is 0 Å². The van der Waals surface area contributed by atoms with Gasteiger partial charge in [0.2, 0.25) is 0 Å². The maximum atomic E-state index is 10.5. The predicted molar refractivity (Wildman–Crippen MR) is 55.9 cm³/mol.